The molecule has 11 heteroatoms. The van der Waals surface area contributed by atoms with Gasteiger partial charge in [0.1, 0.15) is 0 Å². The minimum absolute atomic E-state index is 0.150. The molecule has 3 heterocycles. The highest BCUT2D eigenvalue weighted by Gasteiger charge is 2.32. The van der Waals surface area contributed by atoms with Crippen molar-refractivity contribution in [1.82, 2.24) is 24.8 Å². The Morgan fingerprint density at radius 1 is 1.05 bits per heavy atom. The van der Waals surface area contributed by atoms with E-state index < -0.39 is 0 Å². The van der Waals surface area contributed by atoms with E-state index in [0.29, 0.717) is 50.5 Å². The maximum Gasteiger partial charge on any atom is 0.263 e. The highest BCUT2D eigenvalue weighted by atomic mass is 35.5. The van der Waals surface area contributed by atoms with Gasteiger partial charge in [-0.05, 0) is 74.4 Å². The van der Waals surface area contributed by atoms with Crippen LogP contribution >= 0.6 is 23.2 Å². The van der Waals surface area contributed by atoms with Crippen molar-refractivity contribution in [1.29, 1.82) is 0 Å². The van der Waals surface area contributed by atoms with Gasteiger partial charge < -0.3 is 15.5 Å². The summed E-state index contributed by atoms with van der Waals surface area (Å²) in [4.78, 5) is 50.4. The molecule has 0 fully saturated rings. The molecule has 210 valence electrons. The summed E-state index contributed by atoms with van der Waals surface area (Å²) in [6, 6.07) is 14.8. The van der Waals surface area contributed by atoms with E-state index in [1.54, 1.807) is 66.8 Å². The van der Waals surface area contributed by atoms with Crippen molar-refractivity contribution in [2.45, 2.75) is 38.9 Å². The summed E-state index contributed by atoms with van der Waals surface area (Å²) in [7, 11) is 1.56. The Labute approximate surface area is 247 Å². The lowest BCUT2D eigenvalue weighted by molar-refractivity contribution is 0.0653. The van der Waals surface area contributed by atoms with E-state index in [1.807, 2.05) is 26.0 Å². The van der Waals surface area contributed by atoms with Gasteiger partial charge in [-0.2, -0.15) is 0 Å². The van der Waals surface area contributed by atoms with Crippen LogP contribution in [0.1, 0.15) is 57.4 Å². The number of aromatic nitrogens is 3. The summed E-state index contributed by atoms with van der Waals surface area (Å²) in [6.07, 6.45) is 3.76. The molecule has 4 aromatic rings. The summed E-state index contributed by atoms with van der Waals surface area (Å²) in [5, 5.41) is 6.62. The molecule has 0 aliphatic carbocycles. The smallest absolute Gasteiger partial charge is 0.263 e. The normalized spacial score (nSPS) is 15.1. The van der Waals surface area contributed by atoms with Crippen molar-refractivity contribution in [3.05, 3.63) is 115 Å². The van der Waals surface area contributed by atoms with E-state index in [2.05, 4.69) is 15.6 Å². The quantitative estimate of drug-likeness (QED) is 0.325. The molecule has 2 N–H and O–H groups in total. The maximum absolute atomic E-state index is 14.1. The Balaban J connectivity index is 1.57. The Morgan fingerprint density at radius 2 is 1.78 bits per heavy atom. The first-order chi connectivity index (χ1) is 19.7. The molecule has 1 aliphatic rings. The number of hydrogen-bond donors (Lipinski definition) is 2. The molecule has 1 aliphatic heterocycles. The molecule has 0 bridgehead atoms. The number of nitrogens with zero attached hydrogens (tertiary/aromatic N) is 4. The fourth-order valence-electron chi connectivity index (χ4n) is 4.88. The Kier molecular flexibility index (Phi) is 8.10. The summed E-state index contributed by atoms with van der Waals surface area (Å²) in [5.74, 6) is -0.137. The molecule has 0 spiro atoms. The molecule has 2 atom stereocenters. The third kappa shape index (κ3) is 5.68. The molecular formula is C30H28Cl2N6O3. The predicted octanol–water partition coefficient (Wildman–Crippen LogP) is 5.05. The lowest BCUT2D eigenvalue weighted by atomic mass is 9.98. The van der Waals surface area contributed by atoms with Crippen LogP contribution in [-0.4, -0.2) is 44.3 Å². The van der Waals surface area contributed by atoms with Gasteiger partial charge in [-0.1, -0.05) is 29.3 Å². The number of rotatable bonds is 6. The standard InChI is InChI=1S/C30H28Cl2N6O3/c1-17-13-23-26(16-37(17)28(40)20-8-11-24(31)25(32)14-20)36-30(35-18(2)21-5-4-12-34-15-21)38(29(23)41)22-9-6-19(7-10-22)27(39)33-3/h4-12,14-15,17-18H,13,16H2,1-3H3,(H,33,39)(H,35,36)/t17-,18+/m1/s1. The van der Waals surface area contributed by atoms with Gasteiger partial charge >= 0.3 is 0 Å². The van der Waals surface area contributed by atoms with Gasteiger partial charge in [0, 0.05) is 42.2 Å². The lowest BCUT2D eigenvalue weighted by Gasteiger charge is -2.35. The number of anilines is 1. The van der Waals surface area contributed by atoms with Crippen LogP contribution in [0, 0.1) is 0 Å². The van der Waals surface area contributed by atoms with Gasteiger partial charge in [-0.15, -0.1) is 0 Å². The van der Waals surface area contributed by atoms with Gasteiger partial charge in [-0.3, -0.25) is 19.4 Å². The van der Waals surface area contributed by atoms with Crippen LogP contribution in [0.3, 0.4) is 0 Å². The summed E-state index contributed by atoms with van der Waals surface area (Å²) in [5.41, 5.74) is 3.15. The second-order valence-corrected chi connectivity index (χ2v) is 10.7. The summed E-state index contributed by atoms with van der Waals surface area (Å²) in [6.45, 7) is 4.00. The molecular weight excluding hydrogens is 563 g/mol. The number of fused-ring (bicyclic) bond motifs is 1. The number of carbonyl (C=O) groups excluding carboxylic acids is 2. The molecule has 0 radical (unpaired) electrons. The molecule has 2 amide bonds. The van der Waals surface area contributed by atoms with Crippen LogP contribution in [0.15, 0.2) is 71.8 Å². The molecule has 5 rings (SSSR count). The first-order valence-corrected chi connectivity index (χ1v) is 13.8. The Morgan fingerprint density at radius 3 is 2.44 bits per heavy atom. The van der Waals surface area contributed by atoms with Gasteiger partial charge in [0.2, 0.25) is 5.95 Å². The number of pyridine rings is 1. The minimum Gasteiger partial charge on any atom is -0.355 e. The number of amides is 2. The number of carbonyl (C=O) groups is 2. The third-order valence-corrected chi connectivity index (χ3v) is 7.93. The van der Waals surface area contributed by atoms with Crippen molar-refractivity contribution in [2.24, 2.45) is 0 Å². The second-order valence-electron chi connectivity index (χ2n) is 9.89. The lowest BCUT2D eigenvalue weighted by Crippen LogP contribution is -2.46. The second kappa shape index (κ2) is 11.7. The predicted molar refractivity (Wildman–Crippen MR) is 159 cm³/mol. The number of nitrogens with one attached hydrogen (secondary N) is 2. The molecule has 0 unspecified atom stereocenters. The Hall–Kier alpha value is -4.21. The highest BCUT2D eigenvalue weighted by Crippen LogP contribution is 2.28. The fraction of sp³-hybridized carbons (Fsp3) is 0.233. The third-order valence-electron chi connectivity index (χ3n) is 7.19. The molecule has 2 aromatic heterocycles. The first-order valence-electron chi connectivity index (χ1n) is 13.1. The van der Waals surface area contributed by atoms with E-state index in [4.69, 9.17) is 28.2 Å². The number of hydrogen-bond acceptors (Lipinski definition) is 6. The van der Waals surface area contributed by atoms with Crippen molar-refractivity contribution in [3.8, 4) is 5.69 Å². The zero-order valence-electron chi connectivity index (χ0n) is 22.7. The average molecular weight is 591 g/mol. The van der Waals surface area contributed by atoms with Gasteiger partial charge in [0.25, 0.3) is 17.4 Å². The molecule has 9 nitrogen and oxygen atoms in total. The van der Waals surface area contributed by atoms with Gasteiger partial charge in [-0.25, -0.2) is 9.55 Å². The minimum atomic E-state index is -0.267. The zero-order chi connectivity index (χ0) is 29.3. The fourth-order valence-corrected chi connectivity index (χ4v) is 5.18. The van der Waals surface area contributed by atoms with Gasteiger partial charge in [0.05, 0.1) is 34.0 Å². The van der Waals surface area contributed by atoms with E-state index in [1.165, 1.54) is 4.57 Å². The zero-order valence-corrected chi connectivity index (χ0v) is 24.2. The molecule has 41 heavy (non-hydrogen) atoms. The molecule has 0 saturated carbocycles. The monoisotopic (exact) mass is 590 g/mol. The molecule has 0 saturated heterocycles. The van der Waals surface area contributed by atoms with Crippen LogP contribution < -0.4 is 16.2 Å². The van der Waals surface area contributed by atoms with Crippen molar-refractivity contribution >= 4 is 41.0 Å². The van der Waals surface area contributed by atoms with Crippen LogP contribution in [0.2, 0.25) is 10.0 Å². The van der Waals surface area contributed by atoms with Crippen LogP contribution in [0.5, 0.6) is 0 Å². The van der Waals surface area contributed by atoms with E-state index in [0.717, 1.165) is 5.56 Å². The van der Waals surface area contributed by atoms with E-state index in [9.17, 15) is 14.4 Å². The van der Waals surface area contributed by atoms with E-state index in [-0.39, 0.29) is 36.0 Å². The van der Waals surface area contributed by atoms with Crippen LogP contribution in [-0.2, 0) is 13.0 Å². The maximum atomic E-state index is 14.1. The highest BCUT2D eigenvalue weighted by molar-refractivity contribution is 6.42. The van der Waals surface area contributed by atoms with E-state index >= 15 is 0 Å². The van der Waals surface area contributed by atoms with Gasteiger partial charge in [0.15, 0.2) is 0 Å². The number of halogens is 2. The van der Waals surface area contributed by atoms with Crippen LogP contribution in [0.25, 0.3) is 5.69 Å². The van der Waals surface area contributed by atoms with Crippen molar-refractivity contribution in [3.63, 3.8) is 0 Å². The molecule has 2 aromatic carbocycles. The Bertz CT molecular complexity index is 1670. The van der Waals surface area contributed by atoms with Crippen LogP contribution in [0.4, 0.5) is 5.95 Å². The topological polar surface area (TPSA) is 109 Å². The largest absolute Gasteiger partial charge is 0.355 e. The number of benzene rings is 2. The van der Waals surface area contributed by atoms with Crippen molar-refractivity contribution in [2.75, 3.05) is 12.4 Å². The summed E-state index contributed by atoms with van der Waals surface area (Å²) >= 11 is 12.2. The first kappa shape index (κ1) is 28.3. The van der Waals surface area contributed by atoms with Crippen molar-refractivity contribution < 1.29 is 9.59 Å². The SMILES string of the molecule is CNC(=O)c1ccc(-n2c(N[C@@H](C)c3cccnc3)nc3c(c2=O)C[C@@H](C)N(C(=O)c2ccc(Cl)c(Cl)c2)C3)cc1. The average Bonchev–Trinajstić information content (AvgIpc) is 2.98. The summed E-state index contributed by atoms with van der Waals surface area (Å²) < 4.78 is 1.52.